The Hall–Kier alpha value is -2.08. The maximum atomic E-state index is 12.9. The van der Waals surface area contributed by atoms with E-state index in [0.717, 1.165) is 37.8 Å². The van der Waals surface area contributed by atoms with E-state index in [9.17, 15) is 9.59 Å². The summed E-state index contributed by atoms with van der Waals surface area (Å²) in [6, 6.07) is 6.51. The maximum absolute atomic E-state index is 12.9. The van der Waals surface area contributed by atoms with Crippen LogP contribution in [0, 0.1) is 6.92 Å². The molecule has 0 bridgehead atoms. The molecular formula is C20H30N4O2. The average molecular weight is 358 g/mol. The third-order valence-corrected chi connectivity index (χ3v) is 5.73. The first-order valence-corrected chi connectivity index (χ1v) is 9.60. The van der Waals surface area contributed by atoms with Crippen molar-refractivity contribution < 1.29 is 9.59 Å². The highest BCUT2D eigenvalue weighted by atomic mass is 16.2. The van der Waals surface area contributed by atoms with Crippen molar-refractivity contribution in [2.45, 2.75) is 63.6 Å². The molecule has 1 atom stereocenters. The zero-order chi connectivity index (χ0) is 18.7. The summed E-state index contributed by atoms with van der Waals surface area (Å²) in [5.74, 6) is 0.194. The second-order valence-electron chi connectivity index (χ2n) is 7.57. The molecule has 0 radical (unpaired) electrons. The molecule has 1 aromatic carbocycles. The van der Waals surface area contributed by atoms with Crippen molar-refractivity contribution >= 4 is 17.5 Å². The molecule has 0 aromatic heterocycles. The molecule has 1 aromatic rings. The molecule has 1 heterocycles. The molecule has 0 spiro atoms. The van der Waals surface area contributed by atoms with E-state index in [1.807, 2.05) is 18.0 Å². The first-order valence-electron chi connectivity index (χ1n) is 9.60. The van der Waals surface area contributed by atoms with E-state index in [-0.39, 0.29) is 29.9 Å². The molecule has 26 heavy (non-hydrogen) atoms. The Labute approximate surface area is 155 Å². The average Bonchev–Trinajstić information content (AvgIpc) is 3.07. The van der Waals surface area contributed by atoms with E-state index >= 15 is 0 Å². The monoisotopic (exact) mass is 358 g/mol. The summed E-state index contributed by atoms with van der Waals surface area (Å²) in [5.41, 5.74) is 8.95. The molecule has 6 nitrogen and oxygen atoms in total. The summed E-state index contributed by atoms with van der Waals surface area (Å²) < 4.78 is 0. The van der Waals surface area contributed by atoms with Gasteiger partial charge in [-0.25, -0.2) is 0 Å². The van der Waals surface area contributed by atoms with Gasteiger partial charge in [0, 0.05) is 44.2 Å². The number of amides is 2. The lowest BCUT2D eigenvalue weighted by atomic mass is 9.90. The van der Waals surface area contributed by atoms with E-state index in [1.54, 1.807) is 0 Å². The number of para-hydroxylation sites is 1. The molecule has 1 fully saturated rings. The largest absolute Gasteiger partial charge is 0.373 e. The van der Waals surface area contributed by atoms with Gasteiger partial charge in [-0.05, 0) is 43.7 Å². The standard InChI is InChI=1S/C20H30N4O2/c1-13-4-3-5-14-12-17(23-19(13)14)20(26)24(2)16-8-6-15(7-9-16)22-18(25)10-11-21/h3-5,15-17,23H,6-12,21H2,1-2H3,(H,22,25)/t15-,16-,17?. The first kappa shape index (κ1) is 18.7. The predicted molar refractivity (Wildman–Crippen MR) is 103 cm³/mol. The van der Waals surface area contributed by atoms with E-state index < -0.39 is 0 Å². The Morgan fingerprint density at radius 3 is 2.65 bits per heavy atom. The van der Waals surface area contributed by atoms with Crippen LogP contribution in [-0.4, -0.2) is 48.4 Å². The van der Waals surface area contributed by atoms with Gasteiger partial charge in [-0.2, -0.15) is 0 Å². The number of rotatable bonds is 5. The van der Waals surface area contributed by atoms with Crippen LogP contribution in [-0.2, 0) is 16.0 Å². The normalized spacial score (nSPS) is 24.5. The third-order valence-electron chi connectivity index (χ3n) is 5.73. The van der Waals surface area contributed by atoms with Gasteiger partial charge in [-0.1, -0.05) is 18.2 Å². The fourth-order valence-electron chi connectivity index (χ4n) is 4.16. The van der Waals surface area contributed by atoms with Crippen molar-refractivity contribution in [3.63, 3.8) is 0 Å². The number of nitrogens with one attached hydrogen (secondary N) is 2. The number of carbonyl (C=O) groups excluding carboxylic acids is 2. The number of benzene rings is 1. The van der Waals surface area contributed by atoms with Gasteiger partial charge in [0.15, 0.2) is 0 Å². The molecule has 2 aliphatic rings. The second kappa shape index (κ2) is 8.08. The molecule has 1 aliphatic carbocycles. The minimum atomic E-state index is -0.168. The minimum absolute atomic E-state index is 0.0312. The Balaban J connectivity index is 1.51. The number of nitrogens with two attached hydrogens (primary N) is 1. The third kappa shape index (κ3) is 4.01. The lowest BCUT2D eigenvalue weighted by Crippen LogP contribution is -2.48. The van der Waals surface area contributed by atoms with Crippen molar-refractivity contribution in [1.29, 1.82) is 0 Å². The lowest BCUT2D eigenvalue weighted by molar-refractivity contribution is -0.133. The summed E-state index contributed by atoms with van der Waals surface area (Å²) in [6.45, 7) is 2.46. The molecule has 0 saturated heterocycles. The summed E-state index contributed by atoms with van der Waals surface area (Å²) in [4.78, 5) is 26.5. The molecule has 3 rings (SSSR count). The predicted octanol–water partition coefficient (Wildman–Crippen LogP) is 1.57. The van der Waals surface area contributed by atoms with Crippen molar-refractivity contribution in [3.8, 4) is 0 Å². The number of anilines is 1. The van der Waals surface area contributed by atoms with Crippen LogP contribution in [0.1, 0.15) is 43.2 Å². The number of hydrogen-bond donors (Lipinski definition) is 3. The molecule has 6 heteroatoms. The molecular weight excluding hydrogens is 328 g/mol. The lowest BCUT2D eigenvalue weighted by Gasteiger charge is -2.36. The molecule has 142 valence electrons. The summed E-state index contributed by atoms with van der Waals surface area (Å²) in [5, 5.41) is 6.46. The van der Waals surface area contributed by atoms with Gasteiger partial charge >= 0.3 is 0 Å². The van der Waals surface area contributed by atoms with Crippen LogP contribution in [0.2, 0.25) is 0 Å². The number of fused-ring (bicyclic) bond motifs is 1. The molecule has 2 amide bonds. The SMILES string of the molecule is Cc1cccc2c1NC(C(=O)N(C)[C@H]1CC[C@H](NC(=O)CCN)CC1)C2. The van der Waals surface area contributed by atoms with Crippen LogP contribution in [0.5, 0.6) is 0 Å². The molecule has 1 unspecified atom stereocenters. The number of hydrogen-bond acceptors (Lipinski definition) is 4. The number of carbonyl (C=O) groups is 2. The topological polar surface area (TPSA) is 87.5 Å². The van der Waals surface area contributed by atoms with Gasteiger partial charge < -0.3 is 21.3 Å². The first-order chi connectivity index (χ1) is 12.5. The smallest absolute Gasteiger partial charge is 0.245 e. The van der Waals surface area contributed by atoms with Gasteiger partial charge in [0.25, 0.3) is 0 Å². The van der Waals surface area contributed by atoms with Gasteiger partial charge in [0.2, 0.25) is 11.8 Å². The quantitative estimate of drug-likeness (QED) is 0.745. The second-order valence-corrected chi connectivity index (χ2v) is 7.57. The summed E-state index contributed by atoms with van der Waals surface area (Å²) in [6.07, 6.45) is 4.81. The highest BCUT2D eigenvalue weighted by molar-refractivity contribution is 5.88. The zero-order valence-electron chi connectivity index (χ0n) is 15.8. The van der Waals surface area contributed by atoms with E-state index in [4.69, 9.17) is 5.73 Å². The van der Waals surface area contributed by atoms with Gasteiger partial charge in [-0.3, -0.25) is 9.59 Å². The van der Waals surface area contributed by atoms with Crippen LogP contribution in [0.15, 0.2) is 18.2 Å². The Kier molecular flexibility index (Phi) is 5.81. The van der Waals surface area contributed by atoms with Gasteiger partial charge in [0.05, 0.1) is 0 Å². The van der Waals surface area contributed by atoms with Crippen LogP contribution in [0.3, 0.4) is 0 Å². The fourth-order valence-corrected chi connectivity index (χ4v) is 4.16. The Morgan fingerprint density at radius 1 is 1.27 bits per heavy atom. The van der Waals surface area contributed by atoms with Crippen molar-refractivity contribution in [1.82, 2.24) is 10.2 Å². The molecule has 1 aliphatic heterocycles. The summed E-state index contributed by atoms with van der Waals surface area (Å²) in [7, 11) is 1.91. The van der Waals surface area contributed by atoms with E-state index in [1.165, 1.54) is 11.1 Å². The van der Waals surface area contributed by atoms with E-state index in [0.29, 0.717) is 13.0 Å². The minimum Gasteiger partial charge on any atom is -0.373 e. The van der Waals surface area contributed by atoms with Crippen molar-refractivity contribution in [2.24, 2.45) is 5.73 Å². The van der Waals surface area contributed by atoms with Gasteiger partial charge in [-0.15, -0.1) is 0 Å². The van der Waals surface area contributed by atoms with Crippen LogP contribution in [0.25, 0.3) is 0 Å². The Morgan fingerprint density at radius 2 is 2.00 bits per heavy atom. The van der Waals surface area contributed by atoms with Crippen LogP contribution in [0.4, 0.5) is 5.69 Å². The van der Waals surface area contributed by atoms with E-state index in [2.05, 4.69) is 29.7 Å². The van der Waals surface area contributed by atoms with Crippen LogP contribution >= 0.6 is 0 Å². The van der Waals surface area contributed by atoms with Crippen molar-refractivity contribution in [3.05, 3.63) is 29.3 Å². The number of likely N-dealkylation sites (N-methyl/N-ethyl adjacent to an activating group) is 1. The van der Waals surface area contributed by atoms with Gasteiger partial charge in [0.1, 0.15) is 6.04 Å². The molecule has 4 N–H and O–H groups in total. The molecule has 1 saturated carbocycles. The number of nitrogens with zero attached hydrogens (tertiary/aromatic N) is 1. The Bertz CT molecular complexity index is 668. The van der Waals surface area contributed by atoms with Crippen molar-refractivity contribution in [2.75, 3.05) is 18.9 Å². The summed E-state index contributed by atoms with van der Waals surface area (Å²) >= 11 is 0. The highest BCUT2D eigenvalue weighted by Gasteiger charge is 2.33. The highest BCUT2D eigenvalue weighted by Crippen LogP contribution is 2.31. The zero-order valence-corrected chi connectivity index (χ0v) is 15.8. The fraction of sp³-hybridized carbons (Fsp3) is 0.600. The maximum Gasteiger partial charge on any atom is 0.245 e. The number of aryl methyl sites for hydroxylation is 1. The van der Waals surface area contributed by atoms with Crippen LogP contribution < -0.4 is 16.4 Å².